The van der Waals surface area contributed by atoms with Crippen molar-refractivity contribution in [2.45, 2.75) is 95.0 Å². The van der Waals surface area contributed by atoms with Gasteiger partial charge in [0.2, 0.25) is 11.8 Å². The Kier molecular flexibility index (Phi) is 23.2. The fraction of sp³-hybridized carbons (Fsp3) is 0.348. The summed E-state index contributed by atoms with van der Waals surface area (Å²) in [6, 6.07) is 4.48. The fourth-order valence-electron chi connectivity index (χ4n) is 5.70. The van der Waals surface area contributed by atoms with Crippen LogP contribution in [0.3, 0.4) is 0 Å². The number of aliphatic hydroxyl groups excluding tert-OH is 1. The predicted molar refractivity (Wildman–Crippen MR) is 271 cm³/mol. The van der Waals surface area contributed by atoms with Crippen LogP contribution in [0.5, 0.6) is 11.8 Å². The second-order valence-electron chi connectivity index (χ2n) is 14.6. The molecule has 18 nitrogen and oxygen atoms in total. The van der Waals surface area contributed by atoms with Gasteiger partial charge in [-0.15, -0.1) is 0 Å². The molecule has 0 aliphatic rings. The summed E-state index contributed by atoms with van der Waals surface area (Å²) in [7, 11) is 0. The van der Waals surface area contributed by atoms with Gasteiger partial charge >= 0.3 is 18.2 Å². The van der Waals surface area contributed by atoms with E-state index < -0.39 is 30.3 Å². The van der Waals surface area contributed by atoms with Crippen molar-refractivity contribution in [2.24, 2.45) is 0 Å². The first kappa shape index (κ1) is 57.2. The maximum Gasteiger partial charge on any atom is 0.423 e. The van der Waals surface area contributed by atoms with Crippen molar-refractivity contribution in [3.63, 3.8) is 0 Å². The first-order valence-electron chi connectivity index (χ1n) is 21.3. The maximum absolute atomic E-state index is 12.1. The quantitative estimate of drug-likeness (QED) is 0.0573. The second kappa shape index (κ2) is 28.4. The minimum Gasteiger partial charge on any atom is -0.449 e. The number of rotatable bonds is 15. The number of aromatic nitrogens is 9. The predicted octanol–water partition coefficient (Wildman–Crippen LogP) is 9.81. The molecule has 0 atom stereocenters. The Hall–Kier alpha value is -5.42. The summed E-state index contributed by atoms with van der Waals surface area (Å²) < 4.78 is 16.1. The topological polar surface area (TPSA) is 227 Å². The monoisotopic (exact) mass is 1070 g/mol. The number of carbonyl (C=O) groups excluding carboxylic acids is 3. The summed E-state index contributed by atoms with van der Waals surface area (Å²) in [4.78, 5) is 82.4. The van der Waals surface area contributed by atoms with Gasteiger partial charge in [-0.3, -0.25) is 19.7 Å². The molecular weight excluding hydrogens is 1020 g/mol. The molecule has 0 unspecified atom stereocenters. The van der Waals surface area contributed by atoms with Crippen molar-refractivity contribution >= 4 is 88.2 Å². The maximum atomic E-state index is 12.1. The van der Waals surface area contributed by atoms with Crippen molar-refractivity contribution in [3.8, 4) is 11.8 Å². The van der Waals surface area contributed by atoms with Crippen molar-refractivity contribution in [1.82, 2.24) is 49.3 Å². The number of hydrogen-bond donors (Lipinski definition) is 1. The van der Waals surface area contributed by atoms with Crippen molar-refractivity contribution in [2.75, 3.05) is 26.3 Å². The molecular formula is C46H51Cl3N10O8S3. The van der Waals surface area contributed by atoms with E-state index in [1.807, 2.05) is 41.5 Å². The van der Waals surface area contributed by atoms with Crippen molar-refractivity contribution in [3.05, 3.63) is 131 Å². The Bertz CT molecular complexity index is 2780. The highest BCUT2D eigenvalue weighted by Crippen LogP contribution is 2.30. The molecule has 24 heteroatoms. The lowest BCUT2D eigenvalue weighted by Crippen LogP contribution is -2.33. The first-order valence-corrected chi connectivity index (χ1v) is 25.4. The SMILES string of the molecule is CCN(CC)C(=O)Oc1cc(C)nc(SCc2c(C)cncc2Cl)n1.CCOC(=O)n1c(SCc2c(C)cncc2Cl)nc(C)cc1=O.Cc1cc(OC(=O)CO)nc(SCc2c(C)cncc2Cl)n1. The average molecular weight is 1070 g/mol. The van der Waals surface area contributed by atoms with E-state index in [0.717, 1.165) is 43.6 Å². The van der Waals surface area contributed by atoms with E-state index in [1.54, 1.807) is 68.9 Å². The molecule has 70 heavy (non-hydrogen) atoms. The number of pyridine rings is 3. The molecule has 0 aliphatic carbocycles. The number of carbonyl (C=O) groups is 3. The molecule has 0 spiro atoms. The van der Waals surface area contributed by atoms with Gasteiger partial charge in [-0.25, -0.2) is 29.3 Å². The van der Waals surface area contributed by atoms with Crippen LogP contribution >= 0.6 is 70.1 Å². The standard InChI is InChI=1S/C17H21ClN4O2S.C15H16ClN3O3S.C14H14ClN3O3S/c1-5-22(6-2)17(23)24-15-7-12(4)20-16(21-15)25-10-13-11(3)8-19-9-14(13)18;1-4-22-15(21)19-13(20)5-10(3)18-14(19)23-8-11-9(2)6-17-7-12(11)16;1-8-4-16-5-11(15)10(8)7-22-14-17-9(2)3-12(18-14)21-13(20)6-19/h7-9H,5-6,10H2,1-4H3;5-7H,4,8H2,1-3H3;3-5,19H,6-7H2,1-2H3. The third-order valence-corrected chi connectivity index (χ3v) is 13.0. The summed E-state index contributed by atoms with van der Waals surface area (Å²) >= 11 is 22.6. The van der Waals surface area contributed by atoms with Crippen LogP contribution in [0.2, 0.25) is 15.1 Å². The summed E-state index contributed by atoms with van der Waals surface area (Å²) in [5, 5.41) is 11.7. The summed E-state index contributed by atoms with van der Waals surface area (Å²) in [6.45, 7) is 17.2. The molecule has 0 aromatic carbocycles. The summed E-state index contributed by atoms with van der Waals surface area (Å²) in [6.07, 6.45) is 8.87. The number of halogens is 3. The Morgan fingerprint density at radius 2 is 1.04 bits per heavy atom. The van der Waals surface area contributed by atoms with Crippen LogP contribution < -0.4 is 15.0 Å². The zero-order valence-corrected chi connectivity index (χ0v) is 44.5. The zero-order valence-electron chi connectivity index (χ0n) is 39.8. The number of thioether (sulfide) groups is 3. The molecule has 0 aliphatic heterocycles. The zero-order chi connectivity index (χ0) is 51.5. The van der Waals surface area contributed by atoms with Gasteiger partial charge in [0.15, 0.2) is 15.5 Å². The van der Waals surface area contributed by atoms with E-state index in [4.69, 9.17) is 54.1 Å². The largest absolute Gasteiger partial charge is 0.449 e. The van der Waals surface area contributed by atoms with E-state index in [0.29, 0.717) is 67.1 Å². The van der Waals surface area contributed by atoms with E-state index >= 15 is 0 Å². The van der Waals surface area contributed by atoms with Crippen molar-refractivity contribution < 1.29 is 33.7 Å². The van der Waals surface area contributed by atoms with Crippen LogP contribution in [0.4, 0.5) is 9.59 Å². The van der Waals surface area contributed by atoms with Crippen LogP contribution in [-0.2, 0) is 26.8 Å². The molecule has 0 saturated heterocycles. The van der Waals surface area contributed by atoms with Crippen LogP contribution in [0.25, 0.3) is 0 Å². The fourth-order valence-corrected chi connectivity index (χ4v) is 9.96. The molecule has 0 saturated carbocycles. The van der Waals surface area contributed by atoms with Gasteiger partial charge in [0.1, 0.15) is 6.61 Å². The molecule has 6 rings (SSSR count). The second-order valence-corrected chi connectivity index (χ2v) is 18.7. The number of ether oxygens (including phenoxy) is 3. The van der Waals surface area contributed by atoms with Gasteiger partial charge < -0.3 is 24.2 Å². The normalized spacial score (nSPS) is 10.6. The smallest absolute Gasteiger partial charge is 0.423 e. The number of esters is 1. The minimum absolute atomic E-state index is 0.117. The number of aliphatic hydroxyl groups is 1. The lowest BCUT2D eigenvalue weighted by molar-refractivity contribution is -0.137. The number of amides is 1. The van der Waals surface area contributed by atoms with Crippen molar-refractivity contribution in [1.29, 1.82) is 0 Å². The Morgan fingerprint density at radius 1 is 0.614 bits per heavy atom. The number of hydrogen-bond acceptors (Lipinski definition) is 19. The molecule has 1 amide bonds. The average Bonchev–Trinajstić information content (AvgIpc) is 3.29. The lowest BCUT2D eigenvalue weighted by atomic mass is 10.2. The van der Waals surface area contributed by atoms with Gasteiger partial charge in [0.05, 0.1) is 21.7 Å². The molecule has 1 N–H and O–H groups in total. The molecule has 372 valence electrons. The Balaban J connectivity index is 0.000000229. The van der Waals surface area contributed by atoms with Gasteiger partial charge in [-0.1, -0.05) is 70.1 Å². The molecule has 6 aromatic heterocycles. The summed E-state index contributed by atoms with van der Waals surface area (Å²) in [5.41, 5.74) is 7.25. The van der Waals surface area contributed by atoms with Gasteiger partial charge in [-0.2, -0.15) is 14.5 Å². The number of aryl methyl sites for hydroxylation is 6. The van der Waals surface area contributed by atoms with Crippen LogP contribution in [0, 0.1) is 41.5 Å². The molecule has 0 bridgehead atoms. The minimum atomic E-state index is -0.762. The molecule has 6 heterocycles. The van der Waals surface area contributed by atoms with Gasteiger partial charge in [-0.05, 0) is 95.7 Å². The van der Waals surface area contributed by atoms with Crippen LogP contribution in [-0.4, -0.2) is 98.9 Å². The first-order chi connectivity index (χ1) is 33.4. The lowest BCUT2D eigenvalue weighted by Gasteiger charge is -2.17. The van der Waals surface area contributed by atoms with Gasteiger partial charge in [0, 0.05) is 103 Å². The third kappa shape index (κ3) is 17.5. The van der Waals surface area contributed by atoms with Crippen LogP contribution in [0.1, 0.15) is 71.2 Å². The molecule has 6 aromatic rings. The highest BCUT2D eigenvalue weighted by molar-refractivity contribution is 7.98. The highest BCUT2D eigenvalue weighted by Gasteiger charge is 2.18. The molecule has 0 fully saturated rings. The van der Waals surface area contributed by atoms with E-state index in [2.05, 4.69) is 39.9 Å². The Labute approximate surface area is 433 Å². The van der Waals surface area contributed by atoms with E-state index in [-0.39, 0.29) is 23.5 Å². The highest BCUT2D eigenvalue weighted by atomic mass is 35.5. The van der Waals surface area contributed by atoms with Crippen LogP contribution in [0.15, 0.2) is 75.6 Å². The van der Waals surface area contributed by atoms with E-state index in [9.17, 15) is 19.2 Å². The summed E-state index contributed by atoms with van der Waals surface area (Å²) in [5.74, 6) is 1.25. The Morgan fingerprint density at radius 3 is 1.46 bits per heavy atom. The third-order valence-electron chi connectivity index (χ3n) is 9.35. The van der Waals surface area contributed by atoms with E-state index in [1.165, 1.54) is 47.4 Å². The number of nitrogens with zero attached hydrogens (tertiary/aromatic N) is 10. The van der Waals surface area contributed by atoms with Gasteiger partial charge in [0.25, 0.3) is 5.56 Å². The molecule has 0 radical (unpaired) electrons.